The number of hydrogen-bond acceptors (Lipinski definition) is 4. The van der Waals surface area contributed by atoms with E-state index in [1.54, 1.807) is 0 Å². The van der Waals surface area contributed by atoms with E-state index in [4.69, 9.17) is 9.72 Å². The van der Waals surface area contributed by atoms with Gasteiger partial charge in [0.1, 0.15) is 5.60 Å². The van der Waals surface area contributed by atoms with Gasteiger partial charge in [-0.2, -0.15) is 0 Å². The summed E-state index contributed by atoms with van der Waals surface area (Å²) >= 11 is 3.51. The summed E-state index contributed by atoms with van der Waals surface area (Å²) in [5, 5.41) is 3.59. The number of nitrogens with one attached hydrogen (secondary N) is 1. The van der Waals surface area contributed by atoms with E-state index in [-0.39, 0.29) is 6.09 Å². The second kappa shape index (κ2) is 9.53. The molecule has 1 aliphatic heterocycles. The molecule has 4 rings (SSSR count). The summed E-state index contributed by atoms with van der Waals surface area (Å²) in [6, 6.07) is 16.7. The largest absolute Gasteiger partial charge is 0.444 e. The molecule has 1 aliphatic rings. The molecule has 1 N–H and O–H groups in total. The number of carbonyl (C=O) groups excluding carboxylic acids is 1. The highest BCUT2D eigenvalue weighted by Gasteiger charge is 2.27. The summed E-state index contributed by atoms with van der Waals surface area (Å²) in [4.78, 5) is 19.0. The number of fused-ring (bicyclic) bond motifs is 1. The van der Waals surface area contributed by atoms with Gasteiger partial charge in [0, 0.05) is 24.1 Å². The van der Waals surface area contributed by atoms with Crippen LogP contribution in [0.4, 0.5) is 10.7 Å². The molecule has 7 heteroatoms. The highest BCUT2D eigenvalue weighted by molar-refractivity contribution is 9.10. The third-order valence-electron chi connectivity index (χ3n) is 5.72. The first-order chi connectivity index (χ1) is 15.3. The van der Waals surface area contributed by atoms with Gasteiger partial charge in [-0.15, -0.1) is 0 Å². The van der Waals surface area contributed by atoms with Gasteiger partial charge in [0.05, 0.1) is 17.6 Å². The molecule has 170 valence electrons. The Morgan fingerprint density at radius 3 is 2.50 bits per heavy atom. The van der Waals surface area contributed by atoms with Crippen molar-refractivity contribution in [1.29, 1.82) is 0 Å². The molecule has 0 aliphatic carbocycles. The second-order valence-corrected chi connectivity index (χ2v) is 10.3. The maximum atomic E-state index is 12.3. The van der Waals surface area contributed by atoms with Gasteiger partial charge in [0.2, 0.25) is 5.95 Å². The van der Waals surface area contributed by atoms with Crippen LogP contribution in [0.25, 0.3) is 11.0 Å². The third kappa shape index (κ3) is 5.63. The zero-order chi connectivity index (χ0) is 22.7. The van der Waals surface area contributed by atoms with Gasteiger partial charge in [-0.1, -0.05) is 40.2 Å². The fraction of sp³-hybridized carbons (Fsp3) is 0.440. The summed E-state index contributed by atoms with van der Waals surface area (Å²) < 4.78 is 8.83. The van der Waals surface area contributed by atoms with E-state index in [1.165, 1.54) is 5.56 Å². The Balaban J connectivity index is 1.40. The smallest absolute Gasteiger partial charge is 0.410 e. The lowest BCUT2D eigenvalue weighted by Crippen LogP contribution is -2.42. The Bertz CT molecular complexity index is 1060. The molecule has 2 heterocycles. The Morgan fingerprint density at radius 2 is 1.81 bits per heavy atom. The fourth-order valence-corrected chi connectivity index (χ4v) is 4.29. The molecule has 3 aromatic rings. The molecule has 0 saturated carbocycles. The molecule has 0 bridgehead atoms. The van der Waals surface area contributed by atoms with Crippen LogP contribution in [0.15, 0.2) is 53.0 Å². The molecule has 2 aromatic carbocycles. The van der Waals surface area contributed by atoms with Crippen molar-refractivity contribution < 1.29 is 9.53 Å². The normalized spacial score (nSPS) is 15.2. The number of nitrogens with zero attached hydrogens (tertiary/aromatic N) is 3. The summed E-state index contributed by atoms with van der Waals surface area (Å²) in [6.45, 7) is 8.78. The van der Waals surface area contributed by atoms with E-state index in [1.807, 2.05) is 31.7 Å². The van der Waals surface area contributed by atoms with Gasteiger partial charge in [0.25, 0.3) is 0 Å². The topological polar surface area (TPSA) is 59.4 Å². The molecular weight excluding hydrogens is 468 g/mol. The lowest BCUT2D eigenvalue weighted by Gasteiger charge is -2.33. The standard InChI is InChI=1S/C25H31BrN4O2/c1-25(2,3)32-24(31)29-14-12-18(13-15-29)16-27-23-28-21-6-4-5-7-22(21)30(23)17-19-8-10-20(26)11-9-19/h4-11,18H,12-17H2,1-3H3,(H,27,28). The van der Waals surface area contributed by atoms with E-state index >= 15 is 0 Å². The quantitative estimate of drug-likeness (QED) is 0.475. The minimum absolute atomic E-state index is 0.208. The van der Waals surface area contributed by atoms with Gasteiger partial charge in [-0.05, 0) is 69.4 Å². The highest BCUT2D eigenvalue weighted by Crippen LogP contribution is 2.24. The first-order valence-corrected chi connectivity index (χ1v) is 12.0. The lowest BCUT2D eigenvalue weighted by atomic mass is 9.97. The third-order valence-corrected chi connectivity index (χ3v) is 6.25. The Labute approximate surface area is 198 Å². The Hall–Kier alpha value is -2.54. The minimum atomic E-state index is -0.455. The molecule has 0 spiro atoms. The average molecular weight is 499 g/mol. The van der Waals surface area contributed by atoms with Gasteiger partial charge >= 0.3 is 6.09 Å². The molecule has 0 unspecified atom stereocenters. The van der Waals surface area contributed by atoms with Crippen LogP contribution in [0.1, 0.15) is 39.2 Å². The molecule has 0 atom stereocenters. The van der Waals surface area contributed by atoms with E-state index < -0.39 is 5.60 Å². The molecule has 1 saturated heterocycles. The fourth-order valence-electron chi connectivity index (χ4n) is 4.02. The Kier molecular flexibility index (Phi) is 6.74. The van der Waals surface area contributed by atoms with Crippen molar-refractivity contribution in [2.75, 3.05) is 25.0 Å². The van der Waals surface area contributed by atoms with Crippen molar-refractivity contribution in [2.45, 2.75) is 45.8 Å². The second-order valence-electron chi connectivity index (χ2n) is 9.43. The van der Waals surface area contributed by atoms with Gasteiger partial charge in [0.15, 0.2) is 0 Å². The number of carbonyl (C=O) groups is 1. The molecular formula is C25H31BrN4O2. The molecule has 0 radical (unpaired) electrons. The van der Waals surface area contributed by atoms with Crippen LogP contribution >= 0.6 is 15.9 Å². The van der Waals surface area contributed by atoms with E-state index in [0.717, 1.165) is 60.5 Å². The van der Waals surface area contributed by atoms with E-state index in [2.05, 4.69) is 68.3 Å². The molecule has 1 amide bonds. The van der Waals surface area contributed by atoms with E-state index in [0.29, 0.717) is 5.92 Å². The minimum Gasteiger partial charge on any atom is -0.444 e. The monoisotopic (exact) mass is 498 g/mol. The number of aromatic nitrogens is 2. The van der Waals surface area contributed by atoms with Crippen molar-refractivity contribution >= 4 is 39.0 Å². The van der Waals surface area contributed by atoms with Crippen molar-refractivity contribution in [3.05, 3.63) is 58.6 Å². The number of amides is 1. The zero-order valence-corrected chi connectivity index (χ0v) is 20.6. The SMILES string of the molecule is CC(C)(C)OC(=O)N1CCC(CNc2nc3ccccc3n2Cc2ccc(Br)cc2)CC1. The summed E-state index contributed by atoms with van der Waals surface area (Å²) in [5.41, 5.74) is 2.89. The first kappa shape index (κ1) is 22.6. The number of halogens is 1. The maximum Gasteiger partial charge on any atom is 0.410 e. The predicted octanol–water partition coefficient (Wildman–Crippen LogP) is 5.91. The molecule has 6 nitrogen and oxygen atoms in total. The average Bonchev–Trinajstić information content (AvgIpc) is 3.10. The number of hydrogen-bond donors (Lipinski definition) is 1. The van der Waals surface area contributed by atoms with Crippen LogP contribution in [0, 0.1) is 5.92 Å². The van der Waals surface area contributed by atoms with Gasteiger partial charge in [-0.25, -0.2) is 9.78 Å². The number of para-hydroxylation sites is 2. The van der Waals surface area contributed by atoms with Crippen LogP contribution < -0.4 is 5.32 Å². The molecule has 32 heavy (non-hydrogen) atoms. The number of imidazole rings is 1. The van der Waals surface area contributed by atoms with Gasteiger partial charge in [-0.3, -0.25) is 0 Å². The van der Waals surface area contributed by atoms with E-state index in [9.17, 15) is 4.79 Å². The number of rotatable bonds is 5. The first-order valence-electron chi connectivity index (χ1n) is 11.2. The molecule has 1 aromatic heterocycles. The predicted molar refractivity (Wildman–Crippen MR) is 132 cm³/mol. The number of likely N-dealkylation sites (tertiary alicyclic amines) is 1. The molecule has 1 fully saturated rings. The number of benzene rings is 2. The number of ether oxygens (including phenoxy) is 1. The van der Waals surface area contributed by atoms with Crippen LogP contribution in [0.2, 0.25) is 0 Å². The zero-order valence-electron chi connectivity index (χ0n) is 19.0. The van der Waals surface area contributed by atoms with Crippen molar-refractivity contribution in [2.24, 2.45) is 5.92 Å². The van der Waals surface area contributed by atoms with Crippen LogP contribution in [-0.2, 0) is 11.3 Å². The lowest BCUT2D eigenvalue weighted by molar-refractivity contribution is 0.0188. The highest BCUT2D eigenvalue weighted by atomic mass is 79.9. The number of anilines is 1. The van der Waals surface area contributed by atoms with Crippen LogP contribution in [0.5, 0.6) is 0 Å². The maximum absolute atomic E-state index is 12.3. The van der Waals surface area contributed by atoms with Crippen molar-refractivity contribution in [1.82, 2.24) is 14.5 Å². The van der Waals surface area contributed by atoms with Gasteiger partial charge < -0.3 is 19.5 Å². The summed E-state index contributed by atoms with van der Waals surface area (Å²) in [7, 11) is 0. The number of piperidine rings is 1. The summed E-state index contributed by atoms with van der Waals surface area (Å²) in [5.74, 6) is 1.39. The Morgan fingerprint density at radius 1 is 1.12 bits per heavy atom. The van der Waals surface area contributed by atoms with Crippen LogP contribution in [-0.4, -0.2) is 45.8 Å². The van der Waals surface area contributed by atoms with Crippen molar-refractivity contribution in [3.8, 4) is 0 Å². The summed E-state index contributed by atoms with van der Waals surface area (Å²) in [6.07, 6.45) is 1.71. The van der Waals surface area contributed by atoms with Crippen LogP contribution in [0.3, 0.4) is 0 Å². The van der Waals surface area contributed by atoms with Crippen molar-refractivity contribution in [3.63, 3.8) is 0 Å².